The van der Waals surface area contributed by atoms with Crippen LogP contribution >= 0.6 is 7.75 Å². The van der Waals surface area contributed by atoms with Crippen LogP contribution in [0.2, 0.25) is 0 Å². The number of aromatic nitrogens is 1. The first kappa shape index (κ1) is 29.3. The van der Waals surface area contributed by atoms with Gasteiger partial charge < -0.3 is 29.4 Å². The van der Waals surface area contributed by atoms with Crippen LogP contribution in [0, 0.1) is 5.92 Å². The molecule has 0 spiro atoms. The van der Waals surface area contributed by atoms with E-state index in [1.807, 2.05) is 38.1 Å². The molecule has 37 heavy (non-hydrogen) atoms. The third-order valence-corrected chi connectivity index (χ3v) is 6.97. The summed E-state index contributed by atoms with van der Waals surface area (Å²) >= 11 is 0. The van der Waals surface area contributed by atoms with Crippen LogP contribution in [0.15, 0.2) is 30.5 Å². The Bertz CT molecular complexity index is 1120. The van der Waals surface area contributed by atoms with Crippen LogP contribution in [0.25, 0.3) is 10.9 Å². The summed E-state index contributed by atoms with van der Waals surface area (Å²) in [5.74, 6) is -1.99. The third-order valence-electron chi connectivity index (χ3n) is 5.83. The van der Waals surface area contributed by atoms with Crippen molar-refractivity contribution in [2.24, 2.45) is 5.92 Å². The maximum atomic E-state index is 13.3. The van der Waals surface area contributed by atoms with E-state index in [4.69, 9.17) is 18.7 Å². The zero-order valence-electron chi connectivity index (χ0n) is 22.0. The number of amides is 1. The fourth-order valence-electron chi connectivity index (χ4n) is 4.18. The number of para-hydroxylation sites is 1. The lowest BCUT2D eigenvalue weighted by Gasteiger charge is -2.25. The average molecular weight is 540 g/mol. The van der Waals surface area contributed by atoms with Gasteiger partial charge in [0.25, 0.3) is 0 Å². The molecule has 1 saturated heterocycles. The van der Waals surface area contributed by atoms with Crippen LogP contribution in [0.5, 0.6) is 0 Å². The topological polar surface area (TPSA) is 148 Å². The van der Waals surface area contributed by atoms with E-state index in [9.17, 15) is 19.0 Å². The van der Waals surface area contributed by atoms with Gasteiger partial charge in [-0.2, -0.15) is 0 Å². The molecule has 206 valence electrons. The van der Waals surface area contributed by atoms with Crippen LogP contribution in [0.1, 0.15) is 46.6 Å². The van der Waals surface area contributed by atoms with Gasteiger partial charge in [0.1, 0.15) is 12.1 Å². The van der Waals surface area contributed by atoms with Crippen molar-refractivity contribution in [3.8, 4) is 0 Å². The number of rotatable bonds is 13. The molecule has 4 atom stereocenters. The number of fused-ring (bicyclic) bond motifs is 1. The van der Waals surface area contributed by atoms with Crippen molar-refractivity contribution >= 4 is 30.5 Å². The highest BCUT2D eigenvalue weighted by Gasteiger charge is 2.36. The average Bonchev–Trinajstić information content (AvgIpc) is 3.39. The van der Waals surface area contributed by atoms with Crippen molar-refractivity contribution in [1.29, 1.82) is 0 Å². The minimum absolute atomic E-state index is 0.00488. The number of esters is 1. The molecule has 2 aromatic rings. The van der Waals surface area contributed by atoms with Gasteiger partial charge in [0.05, 0.1) is 25.9 Å². The maximum Gasteiger partial charge on any atom is 0.403 e. The molecule has 12 heteroatoms. The molecule has 4 N–H and O–H groups in total. The zero-order chi connectivity index (χ0) is 27.2. The monoisotopic (exact) mass is 539 g/mol. The Morgan fingerprint density at radius 3 is 2.65 bits per heavy atom. The number of carbonyl (C=O) groups is 2. The Kier molecular flexibility index (Phi) is 9.91. The Morgan fingerprint density at radius 2 is 2.00 bits per heavy atom. The number of carbonyl (C=O) groups excluding carboxylic acids is 2. The number of benzene rings is 1. The first-order valence-electron chi connectivity index (χ1n) is 12.5. The number of nitrogens with one attached hydrogen (secondary N) is 3. The van der Waals surface area contributed by atoms with E-state index < -0.39 is 43.6 Å². The molecule has 1 aromatic heterocycles. The Morgan fingerprint density at radius 1 is 1.27 bits per heavy atom. The van der Waals surface area contributed by atoms with Crippen molar-refractivity contribution in [2.45, 2.75) is 71.4 Å². The fourth-order valence-corrected chi connectivity index (χ4v) is 5.24. The molecule has 1 aliphatic rings. The molecule has 1 aromatic carbocycles. The predicted molar refractivity (Wildman–Crippen MR) is 138 cm³/mol. The molecule has 2 unspecified atom stereocenters. The van der Waals surface area contributed by atoms with Gasteiger partial charge in [0.2, 0.25) is 5.91 Å². The lowest BCUT2D eigenvalue weighted by molar-refractivity contribution is -0.147. The summed E-state index contributed by atoms with van der Waals surface area (Å²) in [5.41, 5.74) is 1.74. The number of aromatic amines is 1. The summed E-state index contributed by atoms with van der Waals surface area (Å²) in [5, 5.41) is 6.10. The van der Waals surface area contributed by atoms with Crippen LogP contribution in [0.4, 0.5) is 0 Å². The largest absolute Gasteiger partial charge is 0.464 e. The summed E-state index contributed by atoms with van der Waals surface area (Å²) in [7, 11) is -4.39. The van der Waals surface area contributed by atoms with E-state index in [2.05, 4.69) is 15.4 Å². The van der Waals surface area contributed by atoms with Crippen molar-refractivity contribution in [3.05, 3.63) is 36.0 Å². The fraction of sp³-hybridized carbons (Fsp3) is 0.600. The molecule has 2 heterocycles. The summed E-state index contributed by atoms with van der Waals surface area (Å²) in [6.45, 7) is 9.11. The molecule has 0 radical (unpaired) electrons. The van der Waals surface area contributed by atoms with E-state index in [1.54, 1.807) is 27.0 Å². The van der Waals surface area contributed by atoms with Crippen molar-refractivity contribution in [1.82, 2.24) is 15.4 Å². The van der Waals surface area contributed by atoms with Gasteiger partial charge in [-0.15, -0.1) is 0 Å². The van der Waals surface area contributed by atoms with Crippen molar-refractivity contribution < 1.29 is 37.8 Å². The maximum absolute atomic E-state index is 13.3. The first-order valence-corrected chi connectivity index (χ1v) is 14.1. The van der Waals surface area contributed by atoms with Gasteiger partial charge in [-0.05, 0) is 44.7 Å². The smallest absolute Gasteiger partial charge is 0.403 e. The molecular weight excluding hydrogens is 501 g/mol. The molecular formula is C25H38N3O8P. The molecule has 11 nitrogen and oxygen atoms in total. The first-order chi connectivity index (χ1) is 17.4. The summed E-state index contributed by atoms with van der Waals surface area (Å²) in [6, 6.07) is 5.55. The Balaban J connectivity index is 1.70. The van der Waals surface area contributed by atoms with Gasteiger partial charge in [-0.1, -0.05) is 32.0 Å². The highest BCUT2D eigenvalue weighted by atomic mass is 31.2. The summed E-state index contributed by atoms with van der Waals surface area (Å²) in [4.78, 5) is 39.6. The zero-order valence-corrected chi connectivity index (χ0v) is 22.9. The van der Waals surface area contributed by atoms with Gasteiger partial charge in [-0.3, -0.25) is 9.32 Å². The lowest BCUT2D eigenvalue weighted by Crippen LogP contribution is -2.51. The van der Waals surface area contributed by atoms with Gasteiger partial charge in [0.15, 0.2) is 5.79 Å². The predicted octanol–water partition coefficient (Wildman–Crippen LogP) is 3.03. The van der Waals surface area contributed by atoms with Gasteiger partial charge in [-0.25, -0.2) is 14.4 Å². The minimum Gasteiger partial charge on any atom is -0.464 e. The van der Waals surface area contributed by atoms with E-state index in [-0.39, 0.29) is 38.6 Å². The van der Waals surface area contributed by atoms with E-state index in [0.29, 0.717) is 0 Å². The molecule has 3 rings (SSSR count). The number of hydrogen-bond donors (Lipinski definition) is 4. The number of hydrogen-bond acceptors (Lipinski definition) is 7. The van der Waals surface area contributed by atoms with Crippen LogP contribution < -0.4 is 10.4 Å². The Labute approximate surface area is 217 Å². The molecule has 0 bridgehead atoms. The van der Waals surface area contributed by atoms with E-state index >= 15 is 0 Å². The lowest BCUT2D eigenvalue weighted by atomic mass is 10.0. The highest BCUT2D eigenvalue weighted by molar-refractivity contribution is 7.50. The van der Waals surface area contributed by atoms with Crippen LogP contribution in [0.3, 0.4) is 0 Å². The Hall–Kier alpha value is -2.27. The molecule has 0 saturated carbocycles. The number of H-pyrrole nitrogens is 1. The summed E-state index contributed by atoms with van der Waals surface area (Å²) in [6.07, 6.45) is 1.70. The molecule has 1 aliphatic heterocycles. The molecule has 1 fully saturated rings. The highest BCUT2D eigenvalue weighted by Crippen LogP contribution is 2.39. The second-order valence-electron chi connectivity index (χ2n) is 9.95. The van der Waals surface area contributed by atoms with E-state index in [1.165, 1.54) is 0 Å². The van der Waals surface area contributed by atoms with Crippen LogP contribution in [-0.2, 0) is 39.3 Å². The van der Waals surface area contributed by atoms with E-state index in [0.717, 1.165) is 16.5 Å². The molecule has 0 aliphatic carbocycles. The molecule has 1 amide bonds. The van der Waals surface area contributed by atoms with Gasteiger partial charge in [0, 0.05) is 23.5 Å². The number of ether oxygens (including phenoxy) is 3. The van der Waals surface area contributed by atoms with Crippen molar-refractivity contribution in [3.63, 3.8) is 0 Å². The third kappa shape index (κ3) is 8.63. The second kappa shape index (κ2) is 12.5. The quantitative estimate of drug-likeness (QED) is 0.223. The van der Waals surface area contributed by atoms with Crippen molar-refractivity contribution in [2.75, 3.05) is 19.8 Å². The second-order valence-corrected chi connectivity index (χ2v) is 11.5. The SMILES string of the molecule is CCOC(=O)C(Cc1c[nH]c2ccccc12)NC(=O)[C@H](CC(C)C)NP(=O)(O)OC[C@@H]1COC(C)(C)O1. The minimum atomic E-state index is -4.39. The van der Waals surface area contributed by atoms with Crippen LogP contribution in [-0.4, -0.2) is 65.5 Å². The summed E-state index contributed by atoms with van der Waals surface area (Å²) < 4.78 is 34.3. The standard InChI is InChI=1S/C25H38N3O8P/c1-6-33-24(30)22(12-17-13-26-20-10-8-7-9-19(17)20)27-23(29)21(11-16(2)3)28-37(31,32)35-15-18-14-34-25(4,5)36-18/h7-10,13,16,18,21-22,26H,6,11-12,14-15H2,1-5H3,(H,27,29)(H2,28,31,32)/t18-,21-,22?/m0/s1. The normalized spacial score (nSPS) is 20.5. The van der Waals surface area contributed by atoms with Gasteiger partial charge >= 0.3 is 13.7 Å².